The zero-order valence-electron chi connectivity index (χ0n) is 22.6. The van der Waals surface area contributed by atoms with Crippen LogP contribution in [0.25, 0.3) is 0 Å². The fourth-order valence-electron chi connectivity index (χ4n) is 8.49. The van der Waals surface area contributed by atoms with Gasteiger partial charge in [-0.1, -0.05) is 26.3 Å². The second-order valence-electron chi connectivity index (χ2n) is 12.2. The molecule has 0 radical (unpaired) electrons. The summed E-state index contributed by atoms with van der Waals surface area (Å²) in [4.78, 5) is 49.5. The molecule has 7 heteroatoms. The first kappa shape index (κ1) is 26.9. The average molecular weight is 503 g/mol. The predicted molar refractivity (Wildman–Crippen MR) is 132 cm³/mol. The Balaban J connectivity index is 1.67. The molecule has 0 bridgehead atoms. The van der Waals surface area contributed by atoms with Gasteiger partial charge in [-0.05, 0) is 80.1 Å². The van der Waals surface area contributed by atoms with Crippen LogP contribution in [-0.4, -0.2) is 43.0 Å². The molecule has 200 valence electrons. The zero-order chi connectivity index (χ0) is 26.4. The molecule has 0 aromatic carbocycles. The second-order valence-corrected chi connectivity index (χ2v) is 12.2. The van der Waals surface area contributed by atoms with Gasteiger partial charge in [-0.25, -0.2) is 0 Å². The van der Waals surface area contributed by atoms with Crippen molar-refractivity contribution in [2.45, 2.75) is 98.2 Å². The number of methoxy groups -OCH3 is 1. The lowest BCUT2D eigenvalue weighted by molar-refractivity contribution is -0.162. The molecule has 0 heterocycles. The van der Waals surface area contributed by atoms with Crippen LogP contribution in [0.15, 0.2) is 11.6 Å². The monoisotopic (exact) mass is 502 g/mol. The molecule has 0 unspecified atom stereocenters. The number of fused-ring (bicyclic) bond motifs is 5. The maximum atomic E-state index is 14.0. The quantitative estimate of drug-likeness (QED) is 0.380. The maximum Gasteiger partial charge on any atom is 0.305 e. The number of hydrogen-bond acceptors (Lipinski definition) is 7. The van der Waals surface area contributed by atoms with E-state index >= 15 is 0 Å². The second kappa shape index (κ2) is 9.94. The minimum absolute atomic E-state index is 0.0148. The smallest absolute Gasteiger partial charge is 0.305 e. The third-order valence-electron chi connectivity index (χ3n) is 10.3. The Morgan fingerprint density at radius 2 is 1.75 bits per heavy atom. The van der Waals surface area contributed by atoms with E-state index in [0.717, 1.165) is 44.1 Å². The molecule has 0 aliphatic heterocycles. The maximum absolute atomic E-state index is 14.0. The van der Waals surface area contributed by atoms with Crippen molar-refractivity contribution in [3.05, 3.63) is 11.6 Å². The first-order valence-electron chi connectivity index (χ1n) is 13.6. The highest BCUT2D eigenvalue weighted by molar-refractivity contribution is 5.97. The predicted octanol–water partition coefficient (Wildman–Crippen LogP) is 4.81. The summed E-state index contributed by atoms with van der Waals surface area (Å²) in [6, 6.07) is 0. The van der Waals surface area contributed by atoms with Gasteiger partial charge in [-0.2, -0.15) is 0 Å². The first-order chi connectivity index (χ1) is 16.9. The number of ketones is 1. The number of carbonyl (C=O) groups excluding carboxylic acids is 4. The minimum atomic E-state index is -0.541. The molecular formula is C29H42O7. The van der Waals surface area contributed by atoms with Crippen molar-refractivity contribution in [3.63, 3.8) is 0 Å². The fraction of sp³-hybridized carbons (Fsp3) is 0.793. The van der Waals surface area contributed by atoms with Crippen molar-refractivity contribution in [2.24, 2.45) is 40.4 Å². The molecule has 36 heavy (non-hydrogen) atoms. The normalized spacial score (nSPS) is 40.2. The van der Waals surface area contributed by atoms with Crippen LogP contribution < -0.4 is 0 Å². The molecule has 0 N–H and O–H groups in total. The van der Waals surface area contributed by atoms with Gasteiger partial charge in [0.25, 0.3) is 0 Å². The lowest BCUT2D eigenvalue weighted by Crippen LogP contribution is -2.57. The molecule has 7 nitrogen and oxygen atoms in total. The average Bonchev–Trinajstić information content (AvgIpc) is 3.16. The summed E-state index contributed by atoms with van der Waals surface area (Å²) in [5, 5.41) is 0. The van der Waals surface area contributed by atoms with Gasteiger partial charge in [-0.15, -0.1) is 0 Å². The molecular weight excluding hydrogens is 460 g/mol. The highest BCUT2D eigenvalue weighted by Gasteiger charge is 2.64. The summed E-state index contributed by atoms with van der Waals surface area (Å²) in [5.41, 5.74) is 0.422. The van der Waals surface area contributed by atoms with Crippen LogP contribution in [-0.2, 0) is 33.4 Å². The Labute approximate surface area is 214 Å². The van der Waals surface area contributed by atoms with Crippen molar-refractivity contribution in [2.75, 3.05) is 7.11 Å². The van der Waals surface area contributed by atoms with Crippen molar-refractivity contribution in [1.29, 1.82) is 0 Å². The van der Waals surface area contributed by atoms with E-state index in [4.69, 9.17) is 14.2 Å². The van der Waals surface area contributed by atoms with Crippen LogP contribution in [0.5, 0.6) is 0 Å². The highest BCUT2D eigenvalue weighted by atomic mass is 16.5. The van der Waals surface area contributed by atoms with E-state index in [1.807, 2.05) is 6.08 Å². The van der Waals surface area contributed by atoms with E-state index in [1.54, 1.807) is 0 Å². The molecule has 9 atom stereocenters. The van der Waals surface area contributed by atoms with E-state index in [9.17, 15) is 19.2 Å². The lowest BCUT2D eigenvalue weighted by Gasteiger charge is -2.58. The minimum Gasteiger partial charge on any atom is -0.469 e. The highest BCUT2D eigenvalue weighted by Crippen LogP contribution is 2.66. The third kappa shape index (κ3) is 4.51. The van der Waals surface area contributed by atoms with E-state index in [-0.39, 0.29) is 70.9 Å². The zero-order valence-corrected chi connectivity index (χ0v) is 22.6. The van der Waals surface area contributed by atoms with Gasteiger partial charge in [-0.3, -0.25) is 19.2 Å². The van der Waals surface area contributed by atoms with Crippen molar-refractivity contribution in [3.8, 4) is 0 Å². The van der Waals surface area contributed by atoms with Crippen LogP contribution >= 0.6 is 0 Å². The summed E-state index contributed by atoms with van der Waals surface area (Å²) in [6.45, 7) is 9.41. The molecule has 3 saturated carbocycles. The molecule has 4 aliphatic carbocycles. The molecule has 4 rings (SSSR count). The first-order valence-corrected chi connectivity index (χ1v) is 13.6. The van der Waals surface area contributed by atoms with E-state index < -0.39 is 5.41 Å². The summed E-state index contributed by atoms with van der Waals surface area (Å²) in [7, 11) is 1.41. The molecule has 0 aromatic heterocycles. The molecule has 4 aliphatic rings. The Morgan fingerprint density at radius 1 is 1.06 bits per heavy atom. The Hall–Kier alpha value is -2.18. The Kier molecular flexibility index (Phi) is 7.42. The van der Waals surface area contributed by atoms with Crippen LogP contribution in [0.2, 0.25) is 0 Å². The van der Waals surface area contributed by atoms with Crippen molar-refractivity contribution in [1.82, 2.24) is 0 Å². The molecule has 0 amide bonds. The number of rotatable bonds is 6. The van der Waals surface area contributed by atoms with Crippen molar-refractivity contribution < 1.29 is 33.4 Å². The van der Waals surface area contributed by atoms with E-state index in [2.05, 4.69) is 20.8 Å². The van der Waals surface area contributed by atoms with E-state index in [1.165, 1.54) is 21.0 Å². The Morgan fingerprint density at radius 3 is 2.39 bits per heavy atom. The largest absolute Gasteiger partial charge is 0.469 e. The van der Waals surface area contributed by atoms with Crippen LogP contribution in [0.1, 0.15) is 86.0 Å². The van der Waals surface area contributed by atoms with Gasteiger partial charge < -0.3 is 14.2 Å². The number of hydrogen-bond donors (Lipinski definition) is 0. The number of carbonyl (C=O) groups is 4. The van der Waals surface area contributed by atoms with Crippen LogP contribution in [0.4, 0.5) is 0 Å². The summed E-state index contributed by atoms with van der Waals surface area (Å²) >= 11 is 0. The summed E-state index contributed by atoms with van der Waals surface area (Å²) in [6.07, 6.45) is 7.43. The van der Waals surface area contributed by atoms with Crippen LogP contribution in [0.3, 0.4) is 0 Å². The molecule has 0 spiro atoms. The van der Waals surface area contributed by atoms with Crippen LogP contribution in [0, 0.1) is 40.4 Å². The van der Waals surface area contributed by atoms with Crippen molar-refractivity contribution >= 4 is 23.7 Å². The molecule has 0 aromatic rings. The SMILES string of the molecule is COC(=O)CC[C@@H](C)[C@H]1CC[C@H]2[C@H]3C(=CC(=O)[C@]12C)[C@@]1(C)CC[C@@H](OC(C)=O)C[C@H]1C[C@H]3OC(C)=O. The standard InChI is InChI=1S/C29H42O7/c1-16(7-10-26(33)34-6)21-8-9-22-27-23(15-25(32)29(21,22)5)28(4)12-11-20(35-17(2)30)13-19(28)14-24(27)36-18(3)31/h15-16,19-22,24,27H,7-14H2,1-6H3/t16-,19+,20-,21-,22+,24-,27+,28+,29-/m1/s1. The topological polar surface area (TPSA) is 96.0 Å². The van der Waals surface area contributed by atoms with Gasteiger partial charge >= 0.3 is 17.9 Å². The number of ether oxygens (including phenoxy) is 3. The van der Waals surface area contributed by atoms with Gasteiger partial charge in [0, 0.05) is 31.6 Å². The Bertz CT molecular complexity index is 953. The summed E-state index contributed by atoms with van der Waals surface area (Å²) < 4.78 is 16.4. The van der Waals surface area contributed by atoms with Gasteiger partial charge in [0.2, 0.25) is 0 Å². The molecule has 3 fully saturated rings. The van der Waals surface area contributed by atoms with Gasteiger partial charge in [0.15, 0.2) is 5.78 Å². The lowest BCUT2D eigenvalue weighted by atomic mass is 9.47. The van der Waals surface area contributed by atoms with Gasteiger partial charge in [0.1, 0.15) is 12.2 Å². The van der Waals surface area contributed by atoms with E-state index in [0.29, 0.717) is 12.8 Å². The van der Waals surface area contributed by atoms with Gasteiger partial charge in [0.05, 0.1) is 7.11 Å². The number of allylic oxidation sites excluding steroid dienone is 1. The third-order valence-corrected chi connectivity index (χ3v) is 10.3. The fourth-order valence-corrected chi connectivity index (χ4v) is 8.49. The molecule has 0 saturated heterocycles. The number of esters is 3. The summed E-state index contributed by atoms with van der Waals surface area (Å²) in [5.74, 6) is 0.0587.